The van der Waals surface area contributed by atoms with Gasteiger partial charge >= 0.3 is 0 Å². The van der Waals surface area contributed by atoms with Gasteiger partial charge in [-0.25, -0.2) is 0 Å². The fourth-order valence-corrected chi connectivity index (χ4v) is 0.980. The Bertz CT molecular complexity index is 218. The number of benzene rings is 1. The van der Waals surface area contributed by atoms with Crippen molar-refractivity contribution in [2.24, 2.45) is 0 Å². The molecule has 0 fully saturated rings. The maximum Gasteiger partial charge on any atom is 0.0838 e. The van der Waals surface area contributed by atoms with Crippen molar-refractivity contribution in [3.05, 3.63) is 41.5 Å². The van der Waals surface area contributed by atoms with Crippen LogP contribution in [0.1, 0.15) is 18.9 Å². The molecule has 0 heterocycles. The molecule has 12 heavy (non-hydrogen) atoms. The van der Waals surface area contributed by atoms with E-state index < -0.39 is 0 Å². The highest BCUT2D eigenvalue weighted by Gasteiger charge is 1.92. The Kier molecular flexibility index (Phi) is 4.12. The summed E-state index contributed by atoms with van der Waals surface area (Å²) in [5.41, 5.74) is 1.14. The first kappa shape index (κ1) is 9.56. The Morgan fingerprint density at radius 3 is 2.58 bits per heavy atom. The number of halogens is 1. The van der Waals surface area contributed by atoms with Crippen LogP contribution in [0, 0.1) is 6.61 Å². The average Bonchev–Trinajstić information content (AvgIpc) is 2.09. The van der Waals surface area contributed by atoms with Gasteiger partial charge < -0.3 is 4.74 Å². The first-order chi connectivity index (χ1) is 5.83. The van der Waals surface area contributed by atoms with E-state index in [0.717, 1.165) is 17.0 Å². The summed E-state index contributed by atoms with van der Waals surface area (Å²) in [6.07, 6.45) is 0.938. The van der Waals surface area contributed by atoms with E-state index in [-0.39, 0.29) is 0 Å². The van der Waals surface area contributed by atoms with Gasteiger partial charge in [0, 0.05) is 5.02 Å². The fraction of sp³-hybridized carbons (Fsp3) is 0.300. The van der Waals surface area contributed by atoms with Crippen molar-refractivity contribution in [2.75, 3.05) is 0 Å². The molecule has 0 amide bonds. The van der Waals surface area contributed by atoms with Crippen LogP contribution in [0.2, 0.25) is 5.02 Å². The summed E-state index contributed by atoms with van der Waals surface area (Å²) >= 11 is 5.72. The molecule has 0 saturated carbocycles. The van der Waals surface area contributed by atoms with Gasteiger partial charge in [0.1, 0.15) is 0 Å². The van der Waals surface area contributed by atoms with Gasteiger partial charge in [-0.15, -0.1) is 0 Å². The third-order valence-corrected chi connectivity index (χ3v) is 1.70. The van der Waals surface area contributed by atoms with Gasteiger partial charge in [0.15, 0.2) is 0 Å². The monoisotopic (exact) mass is 183 g/mol. The summed E-state index contributed by atoms with van der Waals surface area (Å²) in [6, 6.07) is 7.66. The van der Waals surface area contributed by atoms with Gasteiger partial charge in [-0.05, 0) is 24.1 Å². The minimum atomic E-state index is 0.630. The van der Waals surface area contributed by atoms with Gasteiger partial charge in [0.05, 0.1) is 13.2 Å². The van der Waals surface area contributed by atoms with E-state index in [1.54, 1.807) is 6.61 Å². The highest BCUT2D eigenvalue weighted by Crippen LogP contribution is 2.10. The van der Waals surface area contributed by atoms with Crippen LogP contribution in [-0.2, 0) is 11.3 Å². The summed E-state index contributed by atoms with van der Waals surface area (Å²) in [6.45, 7) is 4.47. The molecule has 0 bridgehead atoms. The minimum absolute atomic E-state index is 0.630. The normalized spacial score (nSPS) is 10.2. The highest BCUT2D eigenvalue weighted by molar-refractivity contribution is 6.30. The maximum atomic E-state index is 5.72. The molecular weight excluding hydrogens is 172 g/mol. The molecule has 0 aliphatic heterocycles. The third kappa shape index (κ3) is 3.24. The van der Waals surface area contributed by atoms with E-state index in [2.05, 4.69) is 0 Å². The Morgan fingerprint density at radius 2 is 2.00 bits per heavy atom. The minimum Gasteiger partial charge on any atom is -0.371 e. The Hall–Kier alpha value is -0.530. The SMILES string of the molecule is CC[CH]OCc1ccc(Cl)cc1. The van der Waals surface area contributed by atoms with Crippen molar-refractivity contribution >= 4 is 11.6 Å². The van der Waals surface area contributed by atoms with E-state index >= 15 is 0 Å². The van der Waals surface area contributed by atoms with Crippen LogP contribution >= 0.6 is 11.6 Å². The van der Waals surface area contributed by atoms with Gasteiger partial charge in [0.2, 0.25) is 0 Å². The predicted octanol–water partition coefficient (Wildman–Crippen LogP) is 3.43. The molecule has 1 aromatic rings. The van der Waals surface area contributed by atoms with Crippen molar-refractivity contribution in [1.29, 1.82) is 0 Å². The molecular formula is C10H12ClO. The van der Waals surface area contributed by atoms with E-state index in [4.69, 9.17) is 16.3 Å². The van der Waals surface area contributed by atoms with Crippen molar-refractivity contribution in [3.63, 3.8) is 0 Å². The zero-order valence-electron chi connectivity index (χ0n) is 7.09. The lowest BCUT2D eigenvalue weighted by Gasteiger charge is -2.01. The van der Waals surface area contributed by atoms with Gasteiger partial charge in [-0.3, -0.25) is 0 Å². The first-order valence-corrected chi connectivity index (χ1v) is 4.38. The molecule has 0 aliphatic rings. The van der Waals surface area contributed by atoms with Crippen LogP contribution in [0.15, 0.2) is 24.3 Å². The number of hydrogen-bond donors (Lipinski definition) is 0. The van der Waals surface area contributed by atoms with E-state index in [1.165, 1.54) is 0 Å². The summed E-state index contributed by atoms with van der Waals surface area (Å²) in [5, 5.41) is 0.762. The number of rotatable bonds is 4. The van der Waals surface area contributed by atoms with Crippen LogP contribution in [0.5, 0.6) is 0 Å². The average molecular weight is 184 g/mol. The summed E-state index contributed by atoms with van der Waals surface area (Å²) < 4.78 is 5.24. The largest absolute Gasteiger partial charge is 0.371 e. The smallest absolute Gasteiger partial charge is 0.0838 e. The molecule has 1 aromatic carbocycles. The highest BCUT2D eigenvalue weighted by atomic mass is 35.5. The van der Waals surface area contributed by atoms with Crippen LogP contribution in [0.4, 0.5) is 0 Å². The Labute approximate surface area is 78.3 Å². The molecule has 1 nitrogen and oxygen atoms in total. The maximum absolute atomic E-state index is 5.72. The molecule has 0 spiro atoms. The van der Waals surface area contributed by atoms with Gasteiger partial charge in [-0.1, -0.05) is 30.7 Å². The molecule has 0 aromatic heterocycles. The molecule has 0 unspecified atom stereocenters. The van der Waals surface area contributed by atoms with Crippen molar-refractivity contribution in [2.45, 2.75) is 20.0 Å². The molecule has 0 aliphatic carbocycles. The van der Waals surface area contributed by atoms with Crippen LogP contribution in [0.25, 0.3) is 0 Å². The number of ether oxygens (including phenoxy) is 1. The first-order valence-electron chi connectivity index (χ1n) is 4.00. The summed E-state index contributed by atoms with van der Waals surface area (Å²) in [7, 11) is 0. The van der Waals surface area contributed by atoms with Crippen LogP contribution in [0.3, 0.4) is 0 Å². The van der Waals surface area contributed by atoms with Crippen LogP contribution in [-0.4, -0.2) is 0 Å². The topological polar surface area (TPSA) is 9.23 Å². The van der Waals surface area contributed by atoms with E-state index in [1.807, 2.05) is 31.2 Å². The molecule has 1 radical (unpaired) electrons. The molecule has 0 atom stereocenters. The molecule has 0 saturated heterocycles. The Balaban J connectivity index is 2.37. The quantitative estimate of drug-likeness (QED) is 0.650. The lowest BCUT2D eigenvalue weighted by atomic mass is 10.2. The summed E-state index contributed by atoms with van der Waals surface area (Å²) in [5.74, 6) is 0. The standard InChI is InChI=1S/C10H12ClO/c1-2-7-12-8-9-3-5-10(11)6-4-9/h3-7H,2,8H2,1H3. The van der Waals surface area contributed by atoms with E-state index in [0.29, 0.717) is 6.61 Å². The lowest BCUT2D eigenvalue weighted by molar-refractivity contribution is 0.181. The second kappa shape index (κ2) is 5.18. The zero-order chi connectivity index (χ0) is 8.81. The van der Waals surface area contributed by atoms with Crippen molar-refractivity contribution in [1.82, 2.24) is 0 Å². The third-order valence-electron chi connectivity index (χ3n) is 1.45. The van der Waals surface area contributed by atoms with Gasteiger partial charge in [0.25, 0.3) is 0 Å². The lowest BCUT2D eigenvalue weighted by Crippen LogP contribution is -1.88. The van der Waals surface area contributed by atoms with Crippen molar-refractivity contribution in [3.8, 4) is 0 Å². The summed E-state index contributed by atoms with van der Waals surface area (Å²) in [4.78, 5) is 0. The predicted molar refractivity (Wildman–Crippen MR) is 50.8 cm³/mol. The molecule has 0 N–H and O–H groups in total. The fourth-order valence-electron chi connectivity index (χ4n) is 0.854. The Morgan fingerprint density at radius 1 is 1.33 bits per heavy atom. The second-order valence-corrected chi connectivity index (χ2v) is 2.95. The second-order valence-electron chi connectivity index (χ2n) is 2.51. The molecule has 2 heteroatoms. The molecule has 65 valence electrons. The van der Waals surface area contributed by atoms with Crippen LogP contribution < -0.4 is 0 Å². The zero-order valence-corrected chi connectivity index (χ0v) is 7.84. The number of hydrogen-bond acceptors (Lipinski definition) is 1. The molecule has 1 rings (SSSR count). The van der Waals surface area contributed by atoms with E-state index in [9.17, 15) is 0 Å². The van der Waals surface area contributed by atoms with Crippen molar-refractivity contribution < 1.29 is 4.74 Å². The van der Waals surface area contributed by atoms with Gasteiger partial charge in [-0.2, -0.15) is 0 Å².